The van der Waals surface area contributed by atoms with Crippen molar-refractivity contribution < 1.29 is 9.18 Å². The van der Waals surface area contributed by atoms with Crippen molar-refractivity contribution in [2.75, 3.05) is 0 Å². The third-order valence-corrected chi connectivity index (χ3v) is 3.84. The van der Waals surface area contributed by atoms with E-state index in [2.05, 4.69) is 21.2 Å². The lowest BCUT2D eigenvalue weighted by Gasteiger charge is -2.12. The van der Waals surface area contributed by atoms with Gasteiger partial charge in [-0.3, -0.25) is 4.79 Å². The highest BCUT2D eigenvalue weighted by atomic mass is 79.9. The van der Waals surface area contributed by atoms with Crippen LogP contribution in [0, 0.1) is 5.82 Å². The number of carbonyl (C=O) groups excluding carboxylic acids is 1. The van der Waals surface area contributed by atoms with Crippen molar-refractivity contribution in [1.29, 1.82) is 0 Å². The summed E-state index contributed by atoms with van der Waals surface area (Å²) in [6.45, 7) is 2.21. The van der Waals surface area contributed by atoms with Gasteiger partial charge >= 0.3 is 0 Å². The fourth-order valence-corrected chi connectivity index (χ4v) is 2.53. The second-order valence-electron chi connectivity index (χ2n) is 5.03. The highest BCUT2D eigenvalue weighted by molar-refractivity contribution is 9.10. The first-order valence-electron chi connectivity index (χ1n) is 6.82. The number of rotatable bonds is 5. The monoisotopic (exact) mass is 349 g/mol. The van der Waals surface area contributed by atoms with Crippen LogP contribution in [0.15, 0.2) is 53.0 Å². The minimum Gasteiger partial charge on any atom is -0.352 e. The summed E-state index contributed by atoms with van der Waals surface area (Å²) in [5.74, 6) is -0.251. The number of halogens is 2. The summed E-state index contributed by atoms with van der Waals surface area (Å²) in [6.07, 6.45) is 0.389. The quantitative estimate of drug-likeness (QED) is 0.851. The van der Waals surface area contributed by atoms with Gasteiger partial charge in [-0.05, 0) is 29.7 Å². The van der Waals surface area contributed by atoms with Crippen LogP contribution in [0.5, 0.6) is 0 Å². The van der Waals surface area contributed by atoms with Crippen LogP contribution >= 0.6 is 15.9 Å². The predicted molar refractivity (Wildman–Crippen MR) is 85.4 cm³/mol. The standard InChI is InChI=1S/C17H17BrFNO/c1-12(13-5-3-2-4-6-13)9-17(21)20-11-14-10-15(18)7-8-16(14)19/h2-8,10,12H,9,11H2,1H3,(H,20,21). The smallest absolute Gasteiger partial charge is 0.220 e. The van der Waals surface area contributed by atoms with Gasteiger partial charge in [0.25, 0.3) is 0 Å². The first kappa shape index (κ1) is 15.7. The second-order valence-corrected chi connectivity index (χ2v) is 5.94. The third kappa shape index (κ3) is 4.67. The molecule has 4 heteroatoms. The average Bonchev–Trinajstić information content (AvgIpc) is 2.49. The molecule has 2 nitrogen and oxygen atoms in total. The third-order valence-electron chi connectivity index (χ3n) is 3.34. The van der Waals surface area contributed by atoms with Crippen molar-refractivity contribution >= 4 is 21.8 Å². The van der Waals surface area contributed by atoms with Crippen molar-refractivity contribution in [2.24, 2.45) is 0 Å². The summed E-state index contributed by atoms with van der Waals surface area (Å²) < 4.78 is 14.4. The van der Waals surface area contributed by atoms with Crippen molar-refractivity contribution in [1.82, 2.24) is 5.32 Å². The fraction of sp³-hybridized carbons (Fsp3) is 0.235. The van der Waals surface area contributed by atoms with E-state index in [-0.39, 0.29) is 24.2 Å². The number of carbonyl (C=O) groups is 1. The topological polar surface area (TPSA) is 29.1 Å². The maximum atomic E-state index is 13.6. The van der Waals surface area contributed by atoms with Gasteiger partial charge in [-0.2, -0.15) is 0 Å². The molecule has 0 aliphatic rings. The van der Waals surface area contributed by atoms with Crippen LogP contribution in [0.25, 0.3) is 0 Å². The highest BCUT2D eigenvalue weighted by Crippen LogP contribution is 2.19. The fourth-order valence-electron chi connectivity index (χ4n) is 2.12. The Kier molecular flexibility index (Phi) is 5.51. The zero-order valence-electron chi connectivity index (χ0n) is 11.8. The van der Waals surface area contributed by atoms with Crippen LogP contribution < -0.4 is 5.32 Å². The molecule has 2 aromatic rings. The summed E-state index contributed by atoms with van der Waals surface area (Å²) in [5, 5.41) is 2.77. The Morgan fingerprint density at radius 1 is 1.24 bits per heavy atom. The maximum absolute atomic E-state index is 13.6. The van der Waals surface area contributed by atoms with E-state index >= 15 is 0 Å². The second kappa shape index (κ2) is 7.36. The van der Waals surface area contributed by atoms with Crippen molar-refractivity contribution in [3.63, 3.8) is 0 Å². The molecule has 110 valence electrons. The predicted octanol–water partition coefficient (Wildman–Crippen LogP) is 4.40. The molecule has 0 heterocycles. The molecule has 0 aliphatic heterocycles. The Morgan fingerprint density at radius 2 is 1.95 bits per heavy atom. The molecule has 1 unspecified atom stereocenters. The molecule has 0 radical (unpaired) electrons. The lowest BCUT2D eigenvalue weighted by Crippen LogP contribution is -2.24. The molecule has 0 aliphatic carbocycles. The molecule has 1 atom stereocenters. The molecule has 21 heavy (non-hydrogen) atoms. The molecule has 0 spiro atoms. The molecule has 2 rings (SSSR count). The zero-order chi connectivity index (χ0) is 15.2. The Morgan fingerprint density at radius 3 is 2.67 bits per heavy atom. The van der Waals surface area contributed by atoms with E-state index in [1.54, 1.807) is 12.1 Å². The van der Waals surface area contributed by atoms with E-state index in [4.69, 9.17) is 0 Å². The molecule has 0 saturated heterocycles. The minimum absolute atomic E-state index is 0.0780. The van der Waals surface area contributed by atoms with Gasteiger partial charge in [-0.1, -0.05) is 53.2 Å². The van der Waals surface area contributed by atoms with Gasteiger partial charge in [0.1, 0.15) is 5.82 Å². The Labute approximate surface area is 132 Å². The number of hydrogen-bond donors (Lipinski definition) is 1. The molecule has 1 amide bonds. The summed E-state index contributed by atoms with van der Waals surface area (Å²) in [6, 6.07) is 14.6. The summed E-state index contributed by atoms with van der Waals surface area (Å²) in [5.41, 5.74) is 1.60. The largest absolute Gasteiger partial charge is 0.352 e. The van der Waals surface area contributed by atoms with Gasteiger partial charge in [0.15, 0.2) is 0 Å². The summed E-state index contributed by atoms with van der Waals surface area (Å²) in [7, 11) is 0. The van der Waals surface area contributed by atoms with Crippen molar-refractivity contribution in [3.8, 4) is 0 Å². The number of amides is 1. The van der Waals surface area contributed by atoms with E-state index < -0.39 is 0 Å². The van der Waals surface area contributed by atoms with Gasteiger partial charge in [0.2, 0.25) is 5.91 Å². The SMILES string of the molecule is CC(CC(=O)NCc1cc(Br)ccc1F)c1ccccc1. The molecule has 0 aromatic heterocycles. The zero-order valence-corrected chi connectivity index (χ0v) is 13.4. The van der Waals surface area contributed by atoms with Crippen LogP contribution in [0.4, 0.5) is 4.39 Å². The summed E-state index contributed by atoms with van der Waals surface area (Å²) >= 11 is 3.29. The van der Waals surface area contributed by atoms with Gasteiger partial charge in [0.05, 0.1) is 0 Å². The van der Waals surface area contributed by atoms with Crippen LogP contribution in [0.2, 0.25) is 0 Å². The van der Waals surface area contributed by atoms with Crippen LogP contribution in [0.1, 0.15) is 30.4 Å². The number of nitrogens with one attached hydrogen (secondary N) is 1. The average molecular weight is 350 g/mol. The molecule has 1 N–H and O–H groups in total. The van der Waals surface area contributed by atoms with E-state index in [9.17, 15) is 9.18 Å². The van der Waals surface area contributed by atoms with E-state index in [0.717, 1.165) is 10.0 Å². The molecular weight excluding hydrogens is 333 g/mol. The van der Waals surface area contributed by atoms with Gasteiger partial charge < -0.3 is 5.32 Å². The normalized spacial score (nSPS) is 12.0. The Hall–Kier alpha value is -1.68. The number of hydrogen-bond acceptors (Lipinski definition) is 1. The first-order valence-corrected chi connectivity index (χ1v) is 7.61. The minimum atomic E-state index is -0.311. The molecule has 0 saturated carbocycles. The lowest BCUT2D eigenvalue weighted by atomic mass is 9.97. The molecule has 0 fully saturated rings. The maximum Gasteiger partial charge on any atom is 0.220 e. The van der Waals surface area contributed by atoms with E-state index in [1.807, 2.05) is 37.3 Å². The van der Waals surface area contributed by atoms with Crippen molar-refractivity contribution in [2.45, 2.75) is 25.8 Å². The number of benzene rings is 2. The Bertz CT molecular complexity index is 615. The van der Waals surface area contributed by atoms with Gasteiger partial charge in [-0.15, -0.1) is 0 Å². The van der Waals surface area contributed by atoms with Gasteiger partial charge in [-0.25, -0.2) is 4.39 Å². The highest BCUT2D eigenvalue weighted by Gasteiger charge is 2.11. The molecular formula is C17H17BrFNO. The van der Waals surface area contributed by atoms with Gasteiger partial charge in [0, 0.05) is 23.0 Å². The molecule has 0 bridgehead atoms. The Balaban J connectivity index is 1.89. The lowest BCUT2D eigenvalue weighted by molar-refractivity contribution is -0.121. The molecule has 2 aromatic carbocycles. The van der Waals surface area contributed by atoms with Crippen LogP contribution in [0.3, 0.4) is 0 Å². The van der Waals surface area contributed by atoms with E-state index in [1.165, 1.54) is 6.07 Å². The van der Waals surface area contributed by atoms with Crippen LogP contribution in [-0.4, -0.2) is 5.91 Å². The summed E-state index contributed by atoms with van der Waals surface area (Å²) in [4.78, 5) is 12.0. The van der Waals surface area contributed by atoms with Crippen LogP contribution in [-0.2, 0) is 11.3 Å². The first-order chi connectivity index (χ1) is 10.1. The van der Waals surface area contributed by atoms with E-state index in [0.29, 0.717) is 12.0 Å². The van der Waals surface area contributed by atoms with Crippen molar-refractivity contribution in [3.05, 3.63) is 69.9 Å².